The van der Waals surface area contributed by atoms with Crippen molar-refractivity contribution in [2.45, 2.75) is 19.0 Å². The lowest BCUT2D eigenvalue weighted by atomic mass is 10.1. The Bertz CT molecular complexity index is 957. The molecule has 0 atom stereocenters. The summed E-state index contributed by atoms with van der Waals surface area (Å²) in [5.41, 5.74) is 3.60. The molecule has 0 spiro atoms. The maximum absolute atomic E-state index is 12.2. The van der Waals surface area contributed by atoms with Crippen LogP contribution >= 0.6 is 23.4 Å². The number of carbonyl (C=O) groups is 1. The second-order valence-corrected chi connectivity index (χ2v) is 7.16. The molecule has 0 aliphatic carbocycles. The smallest absolute Gasteiger partial charge is 0.234 e. The average molecular weight is 388 g/mol. The maximum Gasteiger partial charge on any atom is 0.234 e. The SMILES string of the molecule is Cc1ccc(C)c(NC(=O)CSc2nnc(-c3ccccc3Cl)n2N)c1. The predicted molar refractivity (Wildman–Crippen MR) is 106 cm³/mol. The molecule has 0 unspecified atom stereocenters. The number of amides is 1. The molecule has 8 heteroatoms. The van der Waals surface area contributed by atoms with Gasteiger partial charge < -0.3 is 11.2 Å². The lowest BCUT2D eigenvalue weighted by molar-refractivity contribution is -0.113. The second-order valence-electron chi connectivity index (χ2n) is 5.81. The number of nitrogens with two attached hydrogens (primary N) is 1. The predicted octanol–water partition coefficient (Wildman–Crippen LogP) is 3.66. The monoisotopic (exact) mass is 387 g/mol. The highest BCUT2D eigenvalue weighted by Gasteiger charge is 2.16. The Kier molecular flexibility index (Phi) is 5.49. The summed E-state index contributed by atoms with van der Waals surface area (Å²) in [6.45, 7) is 3.94. The third-order valence-corrected chi connectivity index (χ3v) is 5.05. The molecular formula is C18H18ClN5OS. The molecule has 3 rings (SSSR count). The first kappa shape index (κ1) is 18.3. The van der Waals surface area contributed by atoms with E-state index in [4.69, 9.17) is 17.4 Å². The van der Waals surface area contributed by atoms with Crippen molar-refractivity contribution in [1.82, 2.24) is 14.9 Å². The van der Waals surface area contributed by atoms with Crippen LogP contribution in [0.5, 0.6) is 0 Å². The number of aromatic nitrogens is 3. The van der Waals surface area contributed by atoms with E-state index in [1.807, 2.05) is 50.2 Å². The van der Waals surface area contributed by atoms with Crippen LogP contribution in [0.25, 0.3) is 11.4 Å². The van der Waals surface area contributed by atoms with Crippen molar-refractivity contribution in [3.05, 3.63) is 58.6 Å². The minimum Gasteiger partial charge on any atom is -0.335 e. The number of hydrogen-bond donors (Lipinski definition) is 2. The first-order chi connectivity index (χ1) is 12.5. The molecule has 134 valence electrons. The van der Waals surface area contributed by atoms with E-state index in [0.29, 0.717) is 21.6 Å². The number of carbonyl (C=O) groups excluding carboxylic acids is 1. The number of rotatable bonds is 5. The van der Waals surface area contributed by atoms with E-state index in [2.05, 4.69) is 15.5 Å². The second kappa shape index (κ2) is 7.80. The molecule has 3 N–H and O–H groups in total. The van der Waals surface area contributed by atoms with Gasteiger partial charge in [0.05, 0.1) is 10.8 Å². The standard InChI is InChI=1S/C18H18ClN5OS/c1-11-7-8-12(2)15(9-11)21-16(25)10-26-18-23-22-17(24(18)20)13-5-3-4-6-14(13)19/h3-9H,10,20H2,1-2H3,(H,21,25). The minimum atomic E-state index is -0.133. The molecule has 0 bridgehead atoms. The third kappa shape index (κ3) is 4.00. The third-order valence-electron chi connectivity index (χ3n) is 3.78. The molecule has 26 heavy (non-hydrogen) atoms. The first-order valence-electron chi connectivity index (χ1n) is 7.91. The number of anilines is 1. The molecular weight excluding hydrogens is 370 g/mol. The van der Waals surface area contributed by atoms with Gasteiger partial charge in [-0.15, -0.1) is 10.2 Å². The summed E-state index contributed by atoms with van der Waals surface area (Å²) in [5, 5.41) is 12.0. The van der Waals surface area contributed by atoms with Gasteiger partial charge in [-0.2, -0.15) is 0 Å². The fourth-order valence-electron chi connectivity index (χ4n) is 2.39. The lowest BCUT2D eigenvalue weighted by Crippen LogP contribution is -2.17. The van der Waals surface area contributed by atoms with Crippen LogP contribution in [-0.4, -0.2) is 26.5 Å². The van der Waals surface area contributed by atoms with E-state index >= 15 is 0 Å². The highest BCUT2D eigenvalue weighted by molar-refractivity contribution is 7.99. The molecule has 0 saturated heterocycles. The van der Waals surface area contributed by atoms with Gasteiger partial charge in [-0.3, -0.25) is 4.79 Å². The van der Waals surface area contributed by atoms with Gasteiger partial charge in [0.1, 0.15) is 0 Å². The number of nitrogen functional groups attached to an aromatic ring is 1. The number of thioether (sulfide) groups is 1. The molecule has 1 aromatic heterocycles. The number of hydrogen-bond acceptors (Lipinski definition) is 5. The summed E-state index contributed by atoms with van der Waals surface area (Å²) in [4.78, 5) is 12.2. The number of nitrogens with one attached hydrogen (secondary N) is 1. The summed E-state index contributed by atoms with van der Waals surface area (Å²) < 4.78 is 1.34. The number of benzene rings is 2. The van der Waals surface area contributed by atoms with E-state index in [1.54, 1.807) is 6.07 Å². The van der Waals surface area contributed by atoms with Gasteiger partial charge in [0, 0.05) is 11.3 Å². The van der Waals surface area contributed by atoms with Crippen LogP contribution in [0.1, 0.15) is 11.1 Å². The van der Waals surface area contributed by atoms with Gasteiger partial charge in [0.25, 0.3) is 0 Å². The summed E-state index contributed by atoms with van der Waals surface area (Å²) >= 11 is 7.39. The molecule has 0 fully saturated rings. The number of nitrogens with zero attached hydrogens (tertiary/aromatic N) is 3. The quantitative estimate of drug-likeness (QED) is 0.515. The van der Waals surface area contributed by atoms with Gasteiger partial charge in [-0.25, -0.2) is 4.68 Å². The van der Waals surface area contributed by atoms with Crippen molar-refractivity contribution in [3.63, 3.8) is 0 Å². The molecule has 6 nitrogen and oxygen atoms in total. The molecule has 0 saturated carbocycles. The zero-order valence-electron chi connectivity index (χ0n) is 14.4. The molecule has 2 aromatic carbocycles. The Morgan fingerprint density at radius 1 is 1.23 bits per heavy atom. The zero-order chi connectivity index (χ0) is 18.7. The maximum atomic E-state index is 12.2. The Balaban J connectivity index is 1.68. The summed E-state index contributed by atoms with van der Waals surface area (Å²) in [6.07, 6.45) is 0. The summed E-state index contributed by atoms with van der Waals surface area (Å²) in [6, 6.07) is 13.2. The Labute approximate surface area is 160 Å². The minimum absolute atomic E-state index is 0.133. The van der Waals surface area contributed by atoms with Crippen molar-refractivity contribution in [2.75, 3.05) is 16.9 Å². The highest BCUT2D eigenvalue weighted by Crippen LogP contribution is 2.27. The van der Waals surface area contributed by atoms with Gasteiger partial charge in [-0.05, 0) is 43.2 Å². The van der Waals surface area contributed by atoms with E-state index in [0.717, 1.165) is 16.8 Å². The summed E-state index contributed by atoms with van der Waals surface area (Å²) in [5.74, 6) is 6.56. The van der Waals surface area contributed by atoms with Crippen LogP contribution < -0.4 is 11.2 Å². The van der Waals surface area contributed by atoms with Crippen LogP contribution in [0, 0.1) is 13.8 Å². The largest absolute Gasteiger partial charge is 0.335 e. The van der Waals surface area contributed by atoms with Gasteiger partial charge >= 0.3 is 0 Å². The molecule has 1 heterocycles. The molecule has 0 aliphatic rings. The van der Waals surface area contributed by atoms with Gasteiger partial charge in [0.2, 0.25) is 11.1 Å². The highest BCUT2D eigenvalue weighted by atomic mass is 35.5. The normalized spacial score (nSPS) is 10.7. The molecule has 1 amide bonds. The van der Waals surface area contributed by atoms with Gasteiger partial charge in [0.15, 0.2) is 5.82 Å². The average Bonchev–Trinajstić information content (AvgIpc) is 2.97. The van der Waals surface area contributed by atoms with Crippen LogP contribution in [0.3, 0.4) is 0 Å². The fourth-order valence-corrected chi connectivity index (χ4v) is 3.27. The van der Waals surface area contributed by atoms with Crippen molar-refractivity contribution in [2.24, 2.45) is 0 Å². The van der Waals surface area contributed by atoms with Crippen LogP contribution in [0.2, 0.25) is 5.02 Å². The Morgan fingerprint density at radius 3 is 2.77 bits per heavy atom. The Hall–Kier alpha value is -2.51. The van der Waals surface area contributed by atoms with Crippen LogP contribution in [-0.2, 0) is 4.79 Å². The Morgan fingerprint density at radius 2 is 2.00 bits per heavy atom. The van der Waals surface area contributed by atoms with E-state index in [-0.39, 0.29) is 11.7 Å². The molecule has 0 aliphatic heterocycles. The van der Waals surface area contributed by atoms with E-state index in [1.165, 1.54) is 16.4 Å². The van der Waals surface area contributed by atoms with Gasteiger partial charge in [-0.1, -0.05) is 47.6 Å². The van der Waals surface area contributed by atoms with Crippen LogP contribution in [0.4, 0.5) is 5.69 Å². The molecule has 3 aromatic rings. The summed E-state index contributed by atoms with van der Waals surface area (Å²) in [7, 11) is 0. The van der Waals surface area contributed by atoms with Crippen molar-refractivity contribution in [3.8, 4) is 11.4 Å². The topological polar surface area (TPSA) is 85.8 Å². The van der Waals surface area contributed by atoms with Crippen molar-refractivity contribution < 1.29 is 4.79 Å². The van der Waals surface area contributed by atoms with Crippen molar-refractivity contribution in [1.29, 1.82) is 0 Å². The lowest BCUT2D eigenvalue weighted by Gasteiger charge is -2.09. The van der Waals surface area contributed by atoms with E-state index < -0.39 is 0 Å². The van der Waals surface area contributed by atoms with E-state index in [9.17, 15) is 4.79 Å². The fraction of sp³-hybridized carbons (Fsp3) is 0.167. The zero-order valence-corrected chi connectivity index (χ0v) is 15.9. The number of aryl methyl sites for hydroxylation is 2. The number of halogens is 1. The van der Waals surface area contributed by atoms with Crippen molar-refractivity contribution >= 4 is 35.0 Å². The van der Waals surface area contributed by atoms with Crippen LogP contribution in [0.15, 0.2) is 47.6 Å². The first-order valence-corrected chi connectivity index (χ1v) is 9.27. The molecule has 0 radical (unpaired) electrons.